The van der Waals surface area contributed by atoms with Gasteiger partial charge in [0, 0.05) is 18.6 Å². The number of hydrogen-bond acceptors (Lipinski definition) is 2. The van der Waals surface area contributed by atoms with Crippen LogP contribution in [0.4, 0.5) is 0 Å². The van der Waals surface area contributed by atoms with E-state index in [1.165, 1.54) is 57.9 Å². The van der Waals surface area contributed by atoms with E-state index >= 15 is 0 Å². The summed E-state index contributed by atoms with van der Waals surface area (Å²) < 4.78 is 0. The van der Waals surface area contributed by atoms with Crippen molar-refractivity contribution in [3.05, 3.63) is 0 Å². The number of nitrogens with one attached hydrogen (secondary N) is 1. The van der Waals surface area contributed by atoms with Gasteiger partial charge < -0.3 is 10.2 Å². The summed E-state index contributed by atoms with van der Waals surface area (Å²) in [7, 11) is 4.46. The van der Waals surface area contributed by atoms with Crippen molar-refractivity contribution in [1.82, 2.24) is 10.2 Å². The Bertz CT molecular complexity index is 193. The molecule has 2 aliphatic carbocycles. The van der Waals surface area contributed by atoms with Crippen molar-refractivity contribution in [2.45, 2.75) is 63.5 Å². The molecule has 2 nitrogen and oxygen atoms in total. The highest BCUT2D eigenvalue weighted by atomic mass is 15.2. The van der Waals surface area contributed by atoms with Crippen molar-refractivity contribution in [1.29, 1.82) is 0 Å². The number of likely N-dealkylation sites (N-methyl/N-ethyl adjacent to an activating group) is 2. The Morgan fingerprint density at radius 2 is 1.69 bits per heavy atom. The van der Waals surface area contributed by atoms with Gasteiger partial charge in [0.2, 0.25) is 0 Å². The lowest BCUT2D eigenvalue weighted by molar-refractivity contribution is 0.194. The van der Waals surface area contributed by atoms with Gasteiger partial charge in [0.15, 0.2) is 0 Å². The Balaban J connectivity index is 1.77. The van der Waals surface area contributed by atoms with Gasteiger partial charge in [-0.25, -0.2) is 0 Å². The van der Waals surface area contributed by atoms with Crippen LogP contribution in [0.1, 0.15) is 51.4 Å². The third-order valence-corrected chi connectivity index (χ3v) is 4.49. The summed E-state index contributed by atoms with van der Waals surface area (Å²) in [6, 6.07) is 1.60. The van der Waals surface area contributed by atoms with Gasteiger partial charge in [0.1, 0.15) is 0 Å². The molecule has 0 bridgehead atoms. The van der Waals surface area contributed by atoms with Crippen LogP contribution >= 0.6 is 0 Å². The molecule has 0 aromatic carbocycles. The third kappa shape index (κ3) is 3.46. The molecule has 1 N–H and O–H groups in total. The molecule has 2 aliphatic rings. The average Bonchev–Trinajstić information content (AvgIpc) is 3.11. The quantitative estimate of drug-likeness (QED) is 0.722. The highest BCUT2D eigenvalue weighted by Gasteiger charge is 2.31. The van der Waals surface area contributed by atoms with E-state index in [0.717, 1.165) is 18.0 Å². The van der Waals surface area contributed by atoms with Gasteiger partial charge in [0.25, 0.3) is 0 Å². The molecule has 1 unspecified atom stereocenters. The molecule has 0 amide bonds. The summed E-state index contributed by atoms with van der Waals surface area (Å²) in [6.45, 7) is 1.26. The maximum Gasteiger partial charge on any atom is 0.0220 e. The molecule has 0 aromatic heterocycles. The minimum absolute atomic E-state index is 0.744. The maximum atomic E-state index is 3.51. The zero-order valence-corrected chi connectivity index (χ0v) is 11.0. The van der Waals surface area contributed by atoms with Crippen LogP contribution in [0, 0.1) is 5.92 Å². The number of hydrogen-bond donors (Lipinski definition) is 1. The van der Waals surface area contributed by atoms with E-state index in [0.29, 0.717) is 0 Å². The first-order chi connectivity index (χ1) is 7.81. The van der Waals surface area contributed by atoms with E-state index in [1.807, 2.05) is 0 Å². The minimum Gasteiger partial charge on any atom is -0.315 e. The Hall–Kier alpha value is -0.0800. The largest absolute Gasteiger partial charge is 0.315 e. The van der Waals surface area contributed by atoms with E-state index in [4.69, 9.17) is 0 Å². The standard InChI is InChI=1S/C14H28N2/c1-15-14(12-9-10-12)11-16(2)13-7-5-3-4-6-8-13/h12-15H,3-11H2,1-2H3. The molecule has 16 heavy (non-hydrogen) atoms. The van der Waals surface area contributed by atoms with Crippen LogP contribution in [-0.2, 0) is 0 Å². The predicted molar refractivity (Wildman–Crippen MR) is 69.7 cm³/mol. The van der Waals surface area contributed by atoms with Crippen LogP contribution in [0.25, 0.3) is 0 Å². The zero-order valence-electron chi connectivity index (χ0n) is 11.0. The number of nitrogens with zero attached hydrogens (tertiary/aromatic N) is 1. The summed E-state index contributed by atoms with van der Waals surface area (Å²) in [6.07, 6.45) is 11.6. The molecule has 1 atom stereocenters. The molecular formula is C14H28N2. The van der Waals surface area contributed by atoms with Crippen molar-refractivity contribution < 1.29 is 0 Å². The predicted octanol–water partition coefficient (Wildman–Crippen LogP) is 2.64. The average molecular weight is 224 g/mol. The van der Waals surface area contributed by atoms with Crippen LogP contribution in [0.3, 0.4) is 0 Å². The Morgan fingerprint density at radius 1 is 1.06 bits per heavy atom. The van der Waals surface area contributed by atoms with Gasteiger partial charge in [-0.15, -0.1) is 0 Å². The monoisotopic (exact) mass is 224 g/mol. The molecule has 2 fully saturated rings. The van der Waals surface area contributed by atoms with E-state index in [1.54, 1.807) is 0 Å². The van der Waals surface area contributed by atoms with Gasteiger partial charge in [0.05, 0.1) is 0 Å². The van der Waals surface area contributed by atoms with Gasteiger partial charge in [-0.2, -0.15) is 0 Å². The highest BCUT2D eigenvalue weighted by Crippen LogP contribution is 2.33. The van der Waals surface area contributed by atoms with Crippen LogP contribution < -0.4 is 5.32 Å². The van der Waals surface area contributed by atoms with Crippen molar-refractivity contribution in [2.24, 2.45) is 5.92 Å². The fourth-order valence-electron chi connectivity index (χ4n) is 3.13. The molecule has 94 valence electrons. The second-order valence-electron chi connectivity index (χ2n) is 5.82. The van der Waals surface area contributed by atoms with Gasteiger partial charge in [-0.3, -0.25) is 0 Å². The van der Waals surface area contributed by atoms with Gasteiger partial charge >= 0.3 is 0 Å². The van der Waals surface area contributed by atoms with Crippen LogP contribution in [0.15, 0.2) is 0 Å². The Kier molecular flexibility index (Phi) is 4.66. The summed E-state index contributed by atoms with van der Waals surface area (Å²) in [5.41, 5.74) is 0. The van der Waals surface area contributed by atoms with E-state index in [-0.39, 0.29) is 0 Å². The highest BCUT2D eigenvalue weighted by molar-refractivity contribution is 4.88. The summed E-state index contributed by atoms with van der Waals surface area (Å²) in [4.78, 5) is 2.63. The first-order valence-electron chi connectivity index (χ1n) is 7.18. The van der Waals surface area contributed by atoms with Gasteiger partial charge in [-0.05, 0) is 45.7 Å². The molecule has 2 heteroatoms. The summed E-state index contributed by atoms with van der Waals surface area (Å²) in [5.74, 6) is 0.971. The molecule has 2 rings (SSSR count). The molecule has 0 heterocycles. The van der Waals surface area contributed by atoms with Crippen molar-refractivity contribution >= 4 is 0 Å². The fourth-order valence-corrected chi connectivity index (χ4v) is 3.13. The van der Waals surface area contributed by atoms with Crippen LogP contribution in [0.2, 0.25) is 0 Å². The maximum absolute atomic E-state index is 3.51. The third-order valence-electron chi connectivity index (χ3n) is 4.49. The van der Waals surface area contributed by atoms with E-state index < -0.39 is 0 Å². The normalized spacial score (nSPS) is 25.7. The topological polar surface area (TPSA) is 15.3 Å². The Morgan fingerprint density at radius 3 is 2.19 bits per heavy atom. The van der Waals surface area contributed by atoms with E-state index in [2.05, 4.69) is 24.3 Å². The van der Waals surface area contributed by atoms with E-state index in [9.17, 15) is 0 Å². The van der Waals surface area contributed by atoms with Crippen LogP contribution in [-0.4, -0.2) is 37.6 Å². The first kappa shape index (κ1) is 12.4. The summed E-state index contributed by atoms with van der Waals surface area (Å²) in [5, 5.41) is 3.51. The van der Waals surface area contributed by atoms with Crippen molar-refractivity contribution in [2.75, 3.05) is 20.6 Å². The smallest absolute Gasteiger partial charge is 0.0220 e. The van der Waals surface area contributed by atoms with Crippen molar-refractivity contribution in [3.63, 3.8) is 0 Å². The van der Waals surface area contributed by atoms with Crippen LogP contribution in [0.5, 0.6) is 0 Å². The SMILES string of the molecule is CNC(CN(C)C1CCCCCC1)C1CC1. The summed E-state index contributed by atoms with van der Waals surface area (Å²) >= 11 is 0. The zero-order chi connectivity index (χ0) is 11.4. The fraction of sp³-hybridized carbons (Fsp3) is 1.00. The molecular weight excluding hydrogens is 196 g/mol. The molecule has 0 spiro atoms. The lowest BCUT2D eigenvalue weighted by Crippen LogP contribution is -2.43. The number of rotatable bonds is 5. The second-order valence-corrected chi connectivity index (χ2v) is 5.82. The second kappa shape index (κ2) is 6.02. The van der Waals surface area contributed by atoms with Gasteiger partial charge in [-0.1, -0.05) is 25.7 Å². The van der Waals surface area contributed by atoms with Crippen molar-refractivity contribution in [3.8, 4) is 0 Å². The molecule has 0 saturated heterocycles. The lowest BCUT2D eigenvalue weighted by Gasteiger charge is -2.30. The molecule has 0 radical (unpaired) electrons. The lowest BCUT2D eigenvalue weighted by atomic mass is 10.1. The first-order valence-corrected chi connectivity index (χ1v) is 7.18. The Labute approximate surface area is 101 Å². The molecule has 0 aromatic rings. The molecule has 0 aliphatic heterocycles. The minimum atomic E-state index is 0.744. The molecule has 2 saturated carbocycles.